The fraction of sp³-hybridized carbons (Fsp3) is 0.125. The SMILES string of the molecule is O=C(NNc1ccccc1[N+](=O)[O-])[C@H]1CC(c2cccc(F)c2)=NO1. The molecular weight excluding hydrogens is 331 g/mol. The van der Waals surface area contributed by atoms with Gasteiger partial charge >= 0.3 is 0 Å². The van der Waals surface area contributed by atoms with Crippen LogP contribution in [0.1, 0.15) is 12.0 Å². The van der Waals surface area contributed by atoms with E-state index in [-0.39, 0.29) is 17.8 Å². The van der Waals surface area contributed by atoms with Gasteiger partial charge in [0.2, 0.25) is 6.10 Å². The molecule has 0 saturated carbocycles. The summed E-state index contributed by atoms with van der Waals surface area (Å²) in [6.07, 6.45) is -0.748. The number of benzene rings is 2. The zero-order chi connectivity index (χ0) is 17.8. The lowest BCUT2D eigenvalue weighted by Gasteiger charge is -2.11. The quantitative estimate of drug-likeness (QED) is 0.640. The van der Waals surface area contributed by atoms with Crippen molar-refractivity contribution < 1.29 is 18.9 Å². The third kappa shape index (κ3) is 3.71. The van der Waals surface area contributed by atoms with Gasteiger partial charge in [0.15, 0.2) is 0 Å². The van der Waals surface area contributed by atoms with Crippen LogP contribution in [-0.4, -0.2) is 22.6 Å². The van der Waals surface area contributed by atoms with Crippen molar-refractivity contribution in [1.29, 1.82) is 0 Å². The number of hydrogen-bond acceptors (Lipinski definition) is 6. The Morgan fingerprint density at radius 2 is 2.08 bits per heavy atom. The monoisotopic (exact) mass is 344 g/mol. The zero-order valence-corrected chi connectivity index (χ0v) is 12.8. The number of nitrogens with zero attached hydrogens (tertiary/aromatic N) is 2. The predicted octanol–water partition coefficient (Wildman–Crippen LogP) is 2.37. The van der Waals surface area contributed by atoms with E-state index in [1.165, 1.54) is 36.4 Å². The van der Waals surface area contributed by atoms with Crippen LogP contribution in [0.25, 0.3) is 0 Å². The second-order valence-corrected chi connectivity index (χ2v) is 5.24. The second-order valence-electron chi connectivity index (χ2n) is 5.24. The van der Waals surface area contributed by atoms with Gasteiger partial charge in [0, 0.05) is 18.1 Å². The van der Waals surface area contributed by atoms with Crippen LogP contribution in [0.3, 0.4) is 0 Å². The van der Waals surface area contributed by atoms with Crippen LogP contribution in [0.2, 0.25) is 0 Å². The average molecular weight is 344 g/mol. The van der Waals surface area contributed by atoms with E-state index in [2.05, 4.69) is 16.0 Å². The van der Waals surface area contributed by atoms with Crippen molar-refractivity contribution in [2.24, 2.45) is 5.16 Å². The molecule has 25 heavy (non-hydrogen) atoms. The molecule has 1 aliphatic heterocycles. The molecule has 0 spiro atoms. The second kappa shape index (κ2) is 6.95. The smallest absolute Gasteiger partial charge is 0.294 e. The number of hydrazine groups is 1. The highest BCUT2D eigenvalue weighted by molar-refractivity contribution is 6.04. The molecule has 2 aromatic rings. The number of nitrogens with one attached hydrogen (secondary N) is 2. The molecule has 8 nitrogen and oxygen atoms in total. The van der Waals surface area contributed by atoms with Gasteiger partial charge in [-0.25, -0.2) is 4.39 Å². The number of carbonyl (C=O) groups is 1. The van der Waals surface area contributed by atoms with Crippen LogP contribution in [0, 0.1) is 15.9 Å². The molecule has 1 atom stereocenters. The van der Waals surface area contributed by atoms with E-state index in [9.17, 15) is 19.3 Å². The largest absolute Gasteiger partial charge is 0.382 e. The Hall–Kier alpha value is -3.49. The van der Waals surface area contributed by atoms with Crippen molar-refractivity contribution in [3.63, 3.8) is 0 Å². The van der Waals surface area contributed by atoms with Crippen molar-refractivity contribution in [2.75, 3.05) is 5.43 Å². The van der Waals surface area contributed by atoms with Crippen molar-refractivity contribution >= 4 is 23.0 Å². The van der Waals surface area contributed by atoms with Crippen molar-refractivity contribution in [3.8, 4) is 0 Å². The van der Waals surface area contributed by atoms with Crippen LogP contribution in [0.15, 0.2) is 53.7 Å². The summed E-state index contributed by atoms with van der Waals surface area (Å²) in [5.41, 5.74) is 5.81. The van der Waals surface area contributed by atoms with Crippen molar-refractivity contribution in [3.05, 3.63) is 70.0 Å². The van der Waals surface area contributed by atoms with Gasteiger partial charge in [-0.15, -0.1) is 0 Å². The van der Waals surface area contributed by atoms with Gasteiger partial charge < -0.3 is 4.84 Å². The van der Waals surface area contributed by atoms with Crippen LogP contribution in [0.4, 0.5) is 15.8 Å². The third-order valence-electron chi connectivity index (χ3n) is 3.54. The number of anilines is 1. The maximum absolute atomic E-state index is 13.2. The molecule has 2 N–H and O–H groups in total. The first-order valence-electron chi connectivity index (χ1n) is 7.32. The van der Waals surface area contributed by atoms with E-state index < -0.39 is 22.8 Å². The minimum Gasteiger partial charge on any atom is -0.382 e. The summed E-state index contributed by atoms with van der Waals surface area (Å²) in [5.74, 6) is -0.959. The number of hydrogen-bond donors (Lipinski definition) is 2. The number of oxime groups is 1. The molecule has 0 aliphatic carbocycles. The summed E-state index contributed by atoms with van der Waals surface area (Å²) in [4.78, 5) is 27.6. The predicted molar refractivity (Wildman–Crippen MR) is 87.3 cm³/mol. The van der Waals surface area contributed by atoms with Crippen molar-refractivity contribution in [1.82, 2.24) is 5.43 Å². The first-order valence-corrected chi connectivity index (χ1v) is 7.32. The molecule has 2 aromatic carbocycles. The zero-order valence-electron chi connectivity index (χ0n) is 12.8. The molecule has 1 amide bonds. The highest BCUT2D eigenvalue weighted by Gasteiger charge is 2.29. The Bertz CT molecular complexity index is 856. The number of halogens is 1. The summed E-state index contributed by atoms with van der Waals surface area (Å²) >= 11 is 0. The minimum absolute atomic E-state index is 0.144. The van der Waals surface area contributed by atoms with Gasteiger partial charge in [0.1, 0.15) is 11.5 Å². The van der Waals surface area contributed by atoms with E-state index in [1.54, 1.807) is 12.1 Å². The lowest BCUT2D eigenvalue weighted by molar-refractivity contribution is -0.384. The summed E-state index contributed by atoms with van der Waals surface area (Å²) in [6, 6.07) is 11.7. The fourth-order valence-electron chi connectivity index (χ4n) is 2.30. The van der Waals surface area contributed by atoms with Gasteiger partial charge in [-0.05, 0) is 18.2 Å². The molecule has 0 radical (unpaired) electrons. The Balaban J connectivity index is 1.60. The Kier molecular flexibility index (Phi) is 4.55. The molecule has 0 aromatic heterocycles. The van der Waals surface area contributed by atoms with E-state index in [0.29, 0.717) is 11.3 Å². The van der Waals surface area contributed by atoms with Gasteiger partial charge in [-0.1, -0.05) is 29.4 Å². The highest BCUT2D eigenvalue weighted by Crippen LogP contribution is 2.22. The molecule has 1 aliphatic rings. The number of nitro benzene ring substituents is 1. The van der Waals surface area contributed by atoms with Crippen LogP contribution >= 0.6 is 0 Å². The molecule has 3 rings (SSSR count). The molecule has 1 heterocycles. The fourth-order valence-corrected chi connectivity index (χ4v) is 2.30. The molecule has 0 bridgehead atoms. The number of amides is 1. The number of carbonyl (C=O) groups excluding carboxylic acids is 1. The van der Waals surface area contributed by atoms with Crippen LogP contribution in [-0.2, 0) is 9.63 Å². The molecule has 9 heteroatoms. The molecule has 0 unspecified atom stereocenters. The topological polar surface area (TPSA) is 106 Å². The Morgan fingerprint density at radius 1 is 1.28 bits per heavy atom. The minimum atomic E-state index is -0.909. The molecule has 128 valence electrons. The standard InChI is InChI=1S/C16H13FN4O4/c17-11-5-3-4-10(8-11)13-9-15(25-20-13)16(22)19-18-12-6-1-2-7-14(12)21(23)24/h1-8,15,18H,9H2,(H,19,22)/t15-/m1/s1. The van der Waals surface area contributed by atoms with E-state index in [1.807, 2.05) is 0 Å². The Morgan fingerprint density at radius 3 is 2.84 bits per heavy atom. The van der Waals surface area contributed by atoms with Crippen LogP contribution < -0.4 is 10.9 Å². The van der Waals surface area contributed by atoms with Crippen LogP contribution in [0.5, 0.6) is 0 Å². The number of nitro groups is 1. The van der Waals surface area contributed by atoms with Gasteiger partial charge in [0.05, 0.1) is 10.6 Å². The maximum Gasteiger partial charge on any atom is 0.294 e. The lowest BCUT2D eigenvalue weighted by Crippen LogP contribution is -2.38. The van der Waals surface area contributed by atoms with Gasteiger partial charge in [0.25, 0.3) is 11.6 Å². The summed E-state index contributed by atoms with van der Waals surface area (Å²) in [6.45, 7) is 0. The molecular formula is C16H13FN4O4. The van der Waals surface area contributed by atoms with E-state index >= 15 is 0 Å². The number of rotatable bonds is 5. The van der Waals surface area contributed by atoms with Gasteiger partial charge in [-0.3, -0.25) is 25.8 Å². The summed E-state index contributed by atoms with van der Waals surface area (Å²) < 4.78 is 13.2. The summed E-state index contributed by atoms with van der Waals surface area (Å²) in [5, 5.41) is 14.7. The maximum atomic E-state index is 13.2. The first kappa shape index (κ1) is 16.4. The first-order chi connectivity index (χ1) is 12.0. The van der Waals surface area contributed by atoms with Gasteiger partial charge in [-0.2, -0.15) is 0 Å². The van der Waals surface area contributed by atoms with Crippen molar-refractivity contribution in [2.45, 2.75) is 12.5 Å². The Labute approximate surface area is 141 Å². The molecule has 0 saturated heterocycles. The number of para-hydroxylation sites is 2. The lowest BCUT2D eigenvalue weighted by atomic mass is 10.0. The van der Waals surface area contributed by atoms with E-state index in [0.717, 1.165) is 0 Å². The third-order valence-corrected chi connectivity index (χ3v) is 3.54. The normalized spacial score (nSPS) is 15.9. The average Bonchev–Trinajstić information content (AvgIpc) is 3.10. The summed E-state index contributed by atoms with van der Waals surface area (Å²) in [7, 11) is 0. The highest BCUT2D eigenvalue weighted by atomic mass is 19.1. The van der Waals surface area contributed by atoms with E-state index in [4.69, 9.17) is 4.84 Å². The molecule has 0 fully saturated rings.